The topological polar surface area (TPSA) is 109 Å². The second-order valence-electron chi connectivity index (χ2n) is 4.72. The lowest BCUT2D eigenvalue weighted by Gasteiger charge is -2.39. The molecule has 0 unspecified atom stereocenters. The molecular weight excluding hydrogens is 280 g/mol. The molecule has 1 fully saturated rings. The first-order chi connectivity index (χ1) is 10.1. The van der Waals surface area contributed by atoms with Crippen LogP contribution in [-0.2, 0) is 4.74 Å². The molecule has 0 spiro atoms. The van der Waals surface area contributed by atoms with Gasteiger partial charge in [0.05, 0.1) is 13.2 Å². The van der Waals surface area contributed by atoms with Gasteiger partial charge in [0.2, 0.25) is 6.29 Å². The minimum Gasteiger partial charge on any atom is -0.494 e. The second-order valence-corrected chi connectivity index (χ2v) is 4.72. The van der Waals surface area contributed by atoms with E-state index in [9.17, 15) is 15.3 Å². The molecule has 0 saturated carbocycles. The second kappa shape index (κ2) is 7.06. The Morgan fingerprint density at radius 1 is 1.00 bits per heavy atom. The maximum Gasteiger partial charge on any atom is 0.229 e. The summed E-state index contributed by atoms with van der Waals surface area (Å²) in [5, 5.41) is 38.3. The largest absolute Gasteiger partial charge is 0.494 e. The smallest absolute Gasteiger partial charge is 0.229 e. The molecule has 118 valence electrons. The van der Waals surface area contributed by atoms with E-state index in [0.29, 0.717) is 18.1 Å². The molecule has 0 radical (unpaired) electrons. The summed E-state index contributed by atoms with van der Waals surface area (Å²) >= 11 is 0. The average molecular weight is 300 g/mol. The van der Waals surface area contributed by atoms with Crippen LogP contribution in [-0.4, -0.2) is 64.3 Å². The van der Waals surface area contributed by atoms with Crippen LogP contribution in [0, 0.1) is 0 Å². The number of hydrogen-bond acceptors (Lipinski definition) is 7. The van der Waals surface area contributed by atoms with Crippen LogP contribution < -0.4 is 9.47 Å². The Morgan fingerprint density at radius 3 is 2.19 bits per heavy atom. The SMILES string of the molecule is CCOc1ccc(O[C@@H]2O[C@H](CO)[C@@H](O)[C@H](O)[C@H]2O)cc1. The number of hydrogen-bond donors (Lipinski definition) is 4. The minimum absolute atomic E-state index is 0.405. The fourth-order valence-corrected chi connectivity index (χ4v) is 2.08. The van der Waals surface area contributed by atoms with Gasteiger partial charge in [0, 0.05) is 0 Å². The van der Waals surface area contributed by atoms with Crippen molar-refractivity contribution in [1.82, 2.24) is 0 Å². The van der Waals surface area contributed by atoms with Gasteiger partial charge in [-0.2, -0.15) is 0 Å². The number of ether oxygens (including phenoxy) is 3. The van der Waals surface area contributed by atoms with Crippen LogP contribution in [0.4, 0.5) is 0 Å². The fraction of sp³-hybridized carbons (Fsp3) is 0.571. The zero-order valence-electron chi connectivity index (χ0n) is 11.6. The van der Waals surface area contributed by atoms with Gasteiger partial charge in [0.25, 0.3) is 0 Å². The van der Waals surface area contributed by atoms with Gasteiger partial charge >= 0.3 is 0 Å². The van der Waals surface area contributed by atoms with Crippen LogP contribution >= 0.6 is 0 Å². The summed E-state index contributed by atoms with van der Waals surface area (Å²) in [5.41, 5.74) is 0. The van der Waals surface area contributed by atoms with Gasteiger partial charge in [-0.05, 0) is 31.2 Å². The normalized spacial score (nSPS) is 32.7. The molecule has 5 atom stereocenters. The average Bonchev–Trinajstić information content (AvgIpc) is 2.50. The molecule has 21 heavy (non-hydrogen) atoms. The van der Waals surface area contributed by atoms with E-state index in [4.69, 9.17) is 19.3 Å². The summed E-state index contributed by atoms with van der Waals surface area (Å²) in [7, 11) is 0. The molecule has 1 aliphatic heterocycles. The molecule has 7 heteroatoms. The molecule has 2 rings (SSSR count). The van der Waals surface area contributed by atoms with Gasteiger partial charge in [-0.3, -0.25) is 0 Å². The lowest BCUT2D eigenvalue weighted by molar-refractivity contribution is -0.277. The summed E-state index contributed by atoms with van der Waals surface area (Å²) in [5.74, 6) is 1.08. The van der Waals surface area contributed by atoms with Gasteiger partial charge in [-0.15, -0.1) is 0 Å². The van der Waals surface area contributed by atoms with Crippen LogP contribution in [0.3, 0.4) is 0 Å². The maximum atomic E-state index is 9.85. The predicted octanol–water partition coefficient (Wildman–Crippen LogP) is -0.736. The lowest BCUT2D eigenvalue weighted by Crippen LogP contribution is -2.60. The van der Waals surface area contributed by atoms with Gasteiger partial charge in [0.15, 0.2) is 0 Å². The highest BCUT2D eigenvalue weighted by molar-refractivity contribution is 5.31. The van der Waals surface area contributed by atoms with Crippen LogP contribution in [0.5, 0.6) is 11.5 Å². The molecule has 4 N–H and O–H groups in total. The molecule has 1 aliphatic rings. The van der Waals surface area contributed by atoms with Crippen molar-refractivity contribution in [2.75, 3.05) is 13.2 Å². The number of rotatable bonds is 5. The highest BCUT2D eigenvalue weighted by atomic mass is 16.7. The number of aliphatic hydroxyl groups is 4. The van der Waals surface area contributed by atoms with Crippen molar-refractivity contribution in [3.63, 3.8) is 0 Å². The Hall–Kier alpha value is -1.38. The van der Waals surface area contributed by atoms with E-state index in [0.717, 1.165) is 0 Å². The van der Waals surface area contributed by atoms with E-state index < -0.39 is 37.3 Å². The molecular formula is C14H20O7. The predicted molar refractivity (Wildman–Crippen MR) is 72.0 cm³/mol. The molecule has 0 amide bonds. The molecule has 1 aromatic carbocycles. The third kappa shape index (κ3) is 3.63. The Bertz CT molecular complexity index is 433. The third-order valence-corrected chi connectivity index (χ3v) is 3.24. The molecule has 1 heterocycles. The van der Waals surface area contributed by atoms with Crippen LogP contribution in [0.2, 0.25) is 0 Å². The standard InChI is InChI=1S/C14H20O7/c1-2-19-8-3-5-9(6-4-8)20-14-13(18)12(17)11(16)10(7-15)21-14/h3-6,10-18H,2,7H2,1H3/t10-,11-,12+,13-,14-/m1/s1. The molecule has 0 bridgehead atoms. The number of aliphatic hydroxyl groups excluding tert-OH is 4. The summed E-state index contributed by atoms with van der Waals surface area (Å²) in [6.45, 7) is 1.93. The molecule has 1 aromatic rings. The van der Waals surface area contributed by atoms with Crippen molar-refractivity contribution >= 4 is 0 Å². The summed E-state index contributed by atoms with van der Waals surface area (Å²) < 4.78 is 16.0. The molecule has 0 aromatic heterocycles. The van der Waals surface area contributed by atoms with Crippen LogP contribution in [0.25, 0.3) is 0 Å². The highest BCUT2D eigenvalue weighted by Gasteiger charge is 2.44. The molecule has 0 aliphatic carbocycles. The Balaban J connectivity index is 2.03. The summed E-state index contributed by atoms with van der Waals surface area (Å²) in [6, 6.07) is 6.66. The van der Waals surface area contributed by atoms with Crippen molar-refractivity contribution in [2.45, 2.75) is 37.6 Å². The van der Waals surface area contributed by atoms with Crippen LogP contribution in [0.15, 0.2) is 24.3 Å². The van der Waals surface area contributed by atoms with E-state index in [1.54, 1.807) is 24.3 Å². The number of benzene rings is 1. The Kier molecular flexibility index (Phi) is 5.38. The maximum absolute atomic E-state index is 9.85. The quantitative estimate of drug-likeness (QED) is 0.567. The van der Waals surface area contributed by atoms with E-state index in [-0.39, 0.29) is 0 Å². The minimum atomic E-state index is -1.46. The van der Waals surface area contributed by atoms with E-state index in [2.05, 4.69) is 0 Å². The summed E-state index contributed by atoms with van der Waals surface area (Å²) in [4.78, 5) is 0. The van der Waals surface area contributed by atoms with Crippen molar-refractivity contribution in [1.29, 1.82) is 0 Å². The van der Waals surface area contributed by atoms with Crippen LogP contribution in [0.1, 0.15) is 6.92 Å². The van der Waals surface area contributed by atoms with E-state index >= 15 is 0 Å². The first-order valence-corrected chi connectivity index (χ1v) is 6.76. The molecule has 7 nitrogen and oxygen atoms in total. The third-order valence-electron chi connectivity index (χ3n) is 3.24. The van der Waals surface area contributed by atoms with Crippen molar-refractivity contribution in [3.8, 4) is 11.5 Å². The highest BCUT2D eigenvalue weighted by Crippen LogP contribution is 2.25. The first kappa shape index (κ1) is 16.0. The zero-order chi connectivity index (χ0) is 15.4. The Labute approximate surface area is 122 Å². The Morgan fingerprint density at radius 2 is 1.62 bits per heavy atom. The van der Waals surface area contributed by atoms with E-state index in [1.807, 2.05) is 6.92 Å². The van der Waals surface area contributed by atoms with Gasteiger partial charge in [-0.25, -0.2) is 0 Å². The van der Waals surface area contributed by atoms with Gasteiger partial charge in [0.1, 0.15) is 35.9 Å². The van der Waals surface area contributed by atoms with Crippen molar-refractivity contribution in [3.05, 3.63) is 24.3 Å². The first-order valence-electron chi connectivity index (χ1n) is 6.76. The fourth-order valence-electron chi connectivity index (χ4n) is 2.08. The van der Waals surface area contributed by atoms with Gasteiger partial charge < -0.3 is 34.6 Å². The molecule has 1 saturated heterocycles. The van der Waals surface area contributed by atoms with E-state index in [1.165, 1.54) is 0 Å². The summed E-state index contributed by atoms with van der Waals surface area (Å²) in [6.07, 6.45) is -6.45. The van der Waals surface area contributed by atoms with Crippen molar-refractivity contribution in [2.24, 2.45) is 0 Å². The zero-order valence-corrected chi connectivity index (χ0v) is 11.6. The van der Waals surface area contributed by atoms with Gasteiger partial charge in [-0.1, -0.05) is 0 Å². The van der Waals surface area contributed by atoms with Crippen molar-refractivity contribution < 1.29 is 34.6 Å². The monoisotopic (exact) mass is 300 g/mol. The lowest BCUT2D eigenvalue weighted by atomic mass is 9.99.